The van der Waals surface area contributed by atoms with Gasteiger partial charge in [-0.05, 0) is 31.8 Å². The van der Waals surface area contributed by atoms with E-state index in [1.807, 2.05) is 0 Å². The first-order valence-electron chi connectivity index (χ1n) is 11.9. The molecule has 0 radical (unpaired) electrons. The van der Waals surface area contributed by atoms with Crippen LogP contribution in [0.3, 0.4) is 0 Å². The van der Waals surface area contributed by atoms with E-state index in [2.05, 4.69) is 19.9 Å². The number of hydrogen-bond acceptors (Lipinski definition) is 4. The zero-order valence-electron chi connectivity index (χ0n) is 18.3. The summed E-state index contributed by atoms with van der Waals surface area (Å²) in [7, 11) is 0. The van der Waals surface area contributed by atoms with Crippen molar-refractivity contribution in [1.29, 1.82) is 0 Å². The lowest BCUT2D eigenvalue weighted by Crippen LogP contribution is -2.44. The molecule has 0 unspecified atom stereocenters. The molecule has 28 heavy (non-hydrogen) atoms. The number of carbonyl (C=O) groups excluding carboxylic acids is 1. The molecule has 4 heteroatoms. The predicted octanol–water partition coefficient (Wildman–Crippen LogP) is 6.68. The van der Waals surface area contributed by atoms with Crippen LogP contribution in [0.5, 0.6) is 0 Å². The molecule has 0 N–H and O–H groups in total. The zero-order chi connectivity index (χ0) is 20.0. The number of allylic oxidation sites excluding steroid dienone is 1. The third kappa shape index (κ3) is 8.55. The summed E-state index contributed by atoms with van der Waals surface area (Å²) in [5, 5.41) is 0. The molecule has 2 heterocycles. The first kappa shape index (κ1) is 23.3. The smallest absolute Gasteiger partial charge is 0.313 e. The van der Waals surface area contributed by atoms with Gasteiger partial charge in [0, 0.05) is 12.8 Å². The van der Waals surface area contributed by atoms with E-state index < -0.39 is 0 Å². The second-order valence-electron chi connectivity index (χ2n) is 8.42. The van der Waals surface area contributed by atoms with Crippen LogP contribution in [0.15, 0.2) is 11.8 Å². The van der Waals surface area contributed by atoms with Gasteiger partial charge >= 0.3 is 5.97 Å². The molecule has 2 fully saturated rings. The Bertz CT molecular complexity index is 454. The van der Waals surface area contributed by atoms with E-state index in [4.69, 9.17) is 14.2 Å². The largest absolute Gasteiger partial charge is 0.469 e. The number of esters is 1. The van der Waals surface area contributed by atoms with Gasteiger partial charge in [-0.2, -0.15) is 0 Å². The SMILES string of the molecule is CCCCCCCCCC[C@H]1C(=O)O[C@@H]1C=C(CCCC)O[C@@H]1CCCCO1. The minimum absolute atomic E-state index is 0.0209. The molecule has 2 aliphatic rings. The van der Waals surface area contributed by atoms with E-state index in [1.54, 1.807) is 0 Å². The van der Waals surface area contributed by atoms with Crippen molar-refractivity contribution in [2.75, 3.05) is 6.61 Å². The second-order valence-corrected chi connectivity index (χ2v) is 8.42. The van der Waals surface area contributed by atoms with Crippen molar-refractivity contribution in [2.45, 2.75) is 123 Å². The molecular formula is C24H42O4. The van der Waals surface area contributed by atoms with Crippen molar-refractivity contribution in [2.24, 2.45) is 5.92 Å². The molecular weight excluding hydrogens is 352 g/mol. The highest BCUT2D eigenvalue weighted by atomic mass is 16.7. The summed E-state index contributed by atoms with van der Waals surface area (Å²) in [4.78, 5) is 11.9. The molecule has 0 aromatic heterocycles. The molecule has 3 atom stereocenters. The third-order valence-corrected chi connectivity index (χ3v) is 5.87. The average molecular weight is 395 g/mol. The van der Waals surface area contributed by atoms with Gasteiger partial charge < -0.3 is 14.2 Å². The number of carbonyl (C=O) groups is 1. The van der Waals surface area contributed by atoms with Gasteiger partial charge in [0.1, 0.15) is 6.10 Å². The van der Waals surface area contributed by atoms with Gasteiger partial charge in [0.05, 0.1) is 18.3 Å². The van der Waals surface area contributed by atoms with Crippen molar-refractivity contribution >= 4 is 5.97 Å². The Hall–Kier alpha value is -1.03. The molecule has 0 aromatic carbocycles. The summed E-state index contributed by atoms with van der Waals surface area (Å²) in [5.74, 6) is 0.938. The first-order chi connectivity index (χ1) is 13.7. The number of rotatable bonds is 15. The van der Waals surface area contributed by atoms with Gasteiger partial charge in [0.15, 0.2) is 6.29 Å². The maximum atomic E-state index is 11.9. The van der Waals surface area contributed by atoms with Gasteiger partial charge in [-0.1, -0.05) is 71.6 Å². The summed E-state index contributed by atoms with van der Waals surface area (Å²) in [5.41, 5.74) is 0. The normalized spacial score (nSPS) is 25.3. The number of unbranched alkanes of at least 4 members (excludes halogenated alkanes) is 8. The highest BCUT2D eigenvalue weighted by molar-refractivity contribution is 5.79. The molecule has 0 saturated carbocycles. The molecule has 162 valence electrons. The van der Waals surface area contributed by atoms with Crippen LogP contribution in [-0.2, 0) is 19.0 Å². The monoisotopic (exact) mass is 394 g/mol. The summed E-state index contributed by atoms with van der Waals surface area (Å²) in [6, 6.07) is 0. The minimum atomic E-state index is -0.126. The van der Waals surface area contributed by atoms with Gasteiger partial charge in [0.2, 0.25) is 0 Å². The maximum absolute atomic E-state index is 11.9. The summed E-state index contributed by atoms with van der Waals surface area (Å²) in [6.07, 6.45) is 19.4. The Labute approximate surface area is 172 Å². The van der Waals surface area contributed by atoms with Crippen LogP contribution >= 0.6 is 0 Å². The Morgan fingerprint density at radius 3 is 2.36 bits per heavy atom. The summed E-state index contributed by atoms with van der Waals surface area (Å²) < 4.78 is 17.3. The average Bonchev–Trinajstić information content (AvgIpc) is 2.71. The van der Waals surface area contributed by atoms with Crippen LogP contribution < -0.4 is 0 Å². The van der Waals surface area contributed by atoms with Crippen LogP contribution in [0, 0.1) is 5.92 Å². The van der Waals surface area contributed by atoms with Crippen LogP contribution in [0.2, 0.25) is 0 Å². The highest BCUT2D eigenvalue weighted by Gasteiger charge is 2.40. The first-order valence-corrected chi connectivity index (χ1v) is 11.9. The molecule has 0 spiro atoms. The molecule has 0 aromatic rings. The van der Waals surface area contributed by atoms with E-state index in [9.17, 15) is 4.79 Å². The van der Waals surface area contributed by atoms with Crippen molar-refractivity contribution < 1.29 is 19.0 Å². The highest BCUT2D eigenvalue weighted by Crippen LogP contribution is 2.31. The van der Waals surface area contributed by atoms with Crippen LogP contribution in [0.25, 0.3) is 0 Å². The second kappa shape index (κ2) is 14.0. The third-order valence-electron chi connectivity index (χ3n) is 5.87. The van der Waals surface area contributed by atoms with Gasteiger partial charge in [-0.15, -0.1) is 0 Å². The molecule has 4 nitrogen and oxygen atoms in total. The van der Waals surface area contributed by atoms with Crippen LogP contribution in [-0.4, -0.2) is 25.0 Å². The van der Waals surface area contributed by atoms with Crippen LogP contribution in [0.4, 0.5) is 0 Å². The van der Waals surface area contributed by atoms with E-state index in [0.717, 1.165) is 63.7 Å². The molecule has 0 amide bonds. The van der Waals surface area contributed by atoms with Crippen molar-refractivity contribution in [3.63, 3.8) is 0 Å². The van der Waals surface area contributed by atoms with Crippen molar-refractivity contribution in [3.8, 4) is 0 Å². The quantitative estimate of drug-likeness (QED) is 0.177. The molecule has 0 aliphatic carbocycles. The van der Waals surface area contributed by atoms with E-state index >= 15 is 0 Å². The fraction of sp³-hybridized carbons (Fsp3) is 0.875. The summed E-state index contributed by atoms with van der Waals surface area (Å²) in [6.45, 7) is 5.22. The lowest BCUT2D eigenvalue weighted by Gasteiger charge is -2.34. The fourth-order valence-electron chi connectivity index (χ4n) is 3.98. The minimum Gasteiger partial charge on any atom is -0.469 e. The van der Waals surface area contributed by atoms with E-state index in [1.165, 1.54) is 44.9 Å². The van der Waals surface area contributed by atoms with Gasteiger partial charge in [0.25, 0.3) is 0 Å². The number of hydrogen-bond donors (Lipinski definition) is 0. The standard InChI is InChI=1S/C24H42O4/c1-3-5-7-8-9-10-11-12-16-21-22(28-24(21)25)19-20(15-6-4-2)27-23-17-13-14-18-26-23/h19,21-23H,3-18H2,1-2H3/t21-,22-,23-/m1/s1. The van der Waals surface area contributed by atoms with Crippen molar-refractivity contribution in [3.05, 3.63) is 11.8 Å². The summed E-state index contributed by atoms with van der Waals surface area (Å²) >= 11 is 0. The van der Waals surface area contributed by atoms with Crippen LogP contribution in [0.1, 0.15) is 110 Å². The number of cyclic esters (lactones) is 1. The fourth-order valence-corrected chi connectivity index (χ4v) is 3.98. The maximum Gasteiger partial charge on any atom is 0.313 e. The van der Waals surface area contributed by atoms with Crippen molar-refractivity contribution in [1.82, 2.24) is 0 Å². The van der Waals surface area contributed by atoms with Gasteiger partial charge in [-0.25, -0.2) is 0 Å². The topological polar surface area (TPSA) is 44.8 Å². The number of ether oxygens (including phenoxy) is 3. The van der Waals surface area contributed by atoms with E-state index in [-0.39, 0.29) is 24.3 Å². The lowest BCUT2D eigenvalue weighted by molar-refractivity contribution is -0.179. The zero-order valence-corrected chi connectivity index (χ0v) is 18.3. The Morgan fingerprint density at radius 2 is 1.71 bits per heavy atom. The molecule has 2 aliphatic heterocycles. The predicted molar refractivity (Wildman–Crippen MR) is 113 cm³/mol. The molecule has 2 saturated heterocycles. The Kier molecular flexibility index (Phi) is 11.7. The molecule has 2 rings (SSSR count). The van der Waals surface area contributed by atoms with Gasteiger partial charge in [-0.3, -0.25) is 4.79 Å². The lowest BCUT2D eigenvalue weighted by atomic mass is 9.89. The Balaban J connectivity index is 1.72. The Morgan fingerprint density at radius 1 is 1.00 bits per heavy atom. The van der Waals surface area contributed by atoms with E-state index in [0.29, 0.717) is 0 Å². The molecule has 0 bridgehead atoms.